The van der Waals surface area contributed by atoms with Gasteiger partial charge in [0.2, 0.25) is 0 Å². The van der Waals surface area contributed by atoms with Crippen molar-refractivity contribution >= 4 is 10.0 Å². The number of fused-ring (bicyclic) bond motifs is 1. The predicted molar refractivity (Wildman–Crippen MR) is 78.9 cm³/mol. The third kappa shape index (κ3) is 2.72. The summed E-state index contributed by atoms with van der Waals surface area (Å²) in [5, 5.41) is 6.37. The van der Waals surface area contributed by atoms with E-state index >= 15 is 0 Å². The molecule has 0 aliphatic heterocycles. The summed E-state index contributed by atoms with van der Waals surface area (Å²) in [4.78, 5) is 0. The molecule has 0 saturated heterocycles. The minimum atomic E-state index is -3.65. The van der Waals surface area contributed by atoms with Gasteiger partial charge in [-0.25, -0.2) is 13.1 Å². The molecule has 1 aliphatic rings. The van der Waals surface area contributed by atoms with Crippen molar-refractivity contribution in [3.8, 4) is 0 Å². The number of H-pyrrole nitrogens is 1. The minimum Gasteiger partial charge on any atom is -0.326 e. The van der Waals surface area contributed by atoms with Gasteiger partial charge < -0.3 is 5.73 Å². The SMILES string of the molecule is NCc1cn[nH]c1S(=O)(=O)NC1CCCc2ccccc21. The van der Waals surface area contributed by atoms with Crippen LogP contribution in [0.2, 0.25) is 0 Å². The van der Waals surface area contributed by atoms with E-state index in [0.717, 1.165) is 24.8 Å². The largest absolute Gasteiger partial charge is 0.326 e. The Morgan fingerprint density at radius 3 is 3.00 bits per heavy atom. The normalized spacial score (nSPS) is 18.4. The van der Waals surface area contributed by atoms with Gasteiger partial charge in [-0.2, -0.15) is 5.10 Å². The van der Waals surface area contributed by atoms with Gasteiger partial charge in [-0.1, -0.05) is 24.3 Å². The van der Waals surface area contributed by atoms with E-state index in [4.69, 9.17) is 5.73 Å². The second kappa shape index (κ2) is 5.59. The molecule has 0 fully saturated rings. The van der Waals surface area contributed by atoms with Crippen LogP contribution in [0.3, 0.4) is 0 Å². The topological polar surface area (TPSA) is 101 Å². The molecule has 1 heterocycles. The first-order valence-corrected chi connectivity index (χ1v) is 8.42. The Hall–Kier alpha value is -1.70. The Bertz CT molecular complexity index is 739. The maximum atomic E-state index is 12.5. The van der Waals surface area contributed by atoms with Crippen LogP contribution in [0.1, 0.15) is 35.6 Å². The molecule has 6 nitrogen and oxygen atoms in total. The fourth-order valence-corrected chi connectivity index (χ4v) is 4.19. The van der Waals surface area contributed by atoms with E-state index < -0.39 is 10.0 Å². The molecule has 0 spiro atoms. The number of aromatic nitrogens is 2. The smallest absolute Gasteiger partial charge is 0.258 e. The molecule has 0 bridgehead atoms. The minimum absolute atomic E-state index is 0.0630. The van der Waals surface area contributed by atoms with Crippen molar-refractivity contribution in [2.75, 3.05) is 0 Å². The zero-order valence-corrected chi connectivity index (χ0v) is 12.4. The van der Waals surface area contributed by atoms with E-state index in [-0.39, 0.29) is 17.6 Å². The second-order valence-electron chi connectivity index (χ2n) is 5.19. The zero-order chi connectivity index (χ0) is 14.9. The molecule has 1 aromatic carbocycles. The van der Waals surface area contributed by atoms with E-state index in [0.29, 0.717) is 5.56 Å². The Labute approximate surface area is 123 Å². The summed E-state index contributed by atoms with van der Waals surface area (Å²) < 4.78 is 27.8. The number of aromatic amines is 1. The third-order valence-corrected chi connectivity index (χ3v) is 5.32. The monoisotopic (exact) mass is 306 g/mol. The van der Waals surface area contributed by atoms with E-state index in [9.17, 15) is 8.42 Å². The third-order valence-electron chi connectivity index (χ3n) is 3.83. The molecule has 1 atom stereocenters. The van der Waals surface area contributed by atoms with Crippen molar-refractivity contribution in [1.29, 1.82) is 0 Å². The average molecular weight is 306 g/mol. The zero-order valence-electron chi connectivity index (χ0n) is 11.5. The van der Waals surface area contributed by atoms with Crippen LogP contribution in [0.25, 0.3) is 0 Å². The Balaban J connectivity index is 1.91. The number of nitrogens with one attached hydrogen (secondary N) is 2. The van der Waals surface area contributed by atoms with Crippen LogP contribution in [0.4, 0.5) is 0 Å². The van der Waals surface area contributed by atoms with Crippen molar-refractivity contribution in [2.45, 2.75) is 36.9 Å². The van der Waals surface area contributed by atoms with Gasteiger partial charge in [0.15, 0.2) is 5.03 Å². The molecule has 21 heavy (non-hydrogen) atoms. The van der Waals surface area contributed by atoms with Crippen LogP contribution in [-0.4, -0.2) is 18.6 Å². The first-order chi connectivity index (χ1) is 10.1. The molecule has 1 aromatic heterocycles. The summed E-state index contributed by atoms with van der Waals surface area (Å²) in [6.45, 7) is 0.133. The highest BCUT2D eigenvalue weighted by Gasteiger charge is 2.27. The second-order valence-corrected chi connectivity index (χ2v) is 6.84. The molecular weight excluding hydrogens is 288 g/mol. The molecule has 4 N–H and O–H groups in total. The highest BCUT2D eigenvalue weighted by Crippen LogP contribution is 2.30. The van der Waals surface area contributed by atoms with Crippen LogP contribution in [0, 0.1) is 0 Å². The van der Waals surface area contributed by atoms with Gasteiger partial charge >= 0.3 is 0 Å². The van der Waals surface area contributed by atoms with Crippen molar-refractivity contribution in [1.82, 2.24) is 14.9 Å². The van der Waals surface area contributed by atoms with Crippen molar-refractivity contribution in [2.24, 2.45) is 5.73 Å². The van der Waals surface area contributed by atoms with Gasteiger partial charge in [-0.05, 0) is 30.4 Å². The Morgan fingerprint density at radius 1 is 1.38 bits per heavy atom. The average Bonchev–Trinajstić information content (AvgIpc) is 2.97. The molecule has 2 aromatic rings. The van der Waals surface area contributed by atoms with Crippen molar-refractivity contribution < 1.29 is 8.42 Å². The van der Waals surface area contributed by atoms with Crippen LogP contribution in [-0.2, 0) is 23.0 Å². The fourth-order valence-electron chi connectivity index (χ4n) is 2.80. The molecule has 112 valence electrons. The van der Waals surface area contributed by atoms with E-state index in [1.165, 1.54) is 11.8 Å². The van der Waals surface area contributed by atoms with Gasteiger partial charge in [0, 0.05) is 18.2 Å². The Morgan fingerprint density at radius 2 is 2.19 bits per heavy atom. The molecule has 1 unspecified atom stereocenters. The number of nitrogens with zero attached hydrogens (tertiary/aromatic N) is 1. The van der Waals surface area contributed by atoms with Crippen LogP contribution < -0.4 is 10.5 Å². The van der Waals surface area contributed by atoms with E-state index in [1.54, 1.807) is 0 Å². The Kier molecular flexibility index (Phi) is 3.79. The van der Waals surface area contributed by atoms with Gasteiger partial charge in [0.25, 0.3) is 10.0 Å². The summed E-state index contributed by atoms with van der Waals surface area (Å²) in [6, 6.07) is 7.76. The summed E-state index contributed by atoms with van der Waals surface area (Å²) in [5.41, 5.74) is 8.31. The fraction of sp³-hybridized carbons (Fsp3) is 0.357. The highest BCUT2D eigenvalue weighted by molar-refractivity contribution is 7.89. The first-order valence-electron chi connectivity index (χ1n) is 6.94. The van der Waals surface area contributed by atoms with Crippen LogP contribution in [0.5, 0.6) is 0 Å². The number of nitrogens with two attached hydrogens (primary N) is 1. The lowest BCUT2D eigenvalue weighted by molar-refractivity contribution is 0.505. The molecule has 0 radical (unpaired) electrons. The lowest BCUT2D eigenvalue weighted by Gasteiger charge is -2.26. The van der Waals surface area contributed by atoms with Gasteiger partial charge in [-0.3, -0.25) is 5.10 Å². The number of hydrogen-bond acceptors (Lipinski definition) is 4. The van der Waals surface area contributed by atoms with Gasteiger partial charge in [-0.15, -0.1) is 0 Å². The molecular formula is C14H18N4O2S. The number of hydrogen-bond donors (Lipinski definition) is 3. The van der Waals surface area contributed by atoms with Crippen LogP contribution >= 0.6 is 0 Å². The van der Waals surface area contributed by atoms with Gasteiger partial charge in [0.05, 0.1) is 6.20 Å². The lowest BCUT2D eigenvalue weighted by Crippen LogP contribution is -2.32. The van der Waals surface area contributed by atoms with Crippen molar-refractivity contribution in [3.05, 3.63) is 47.2 Å². The summed E-state index contributed by atoms with van der Waals surface area (Å²) in [5.74, 6) is 0. The molecule has 1 aliphatic carbocycles. The van der Waals surface area contributed by atoms with Crippen molar-refractivity contribution in [3.63, 3.8) is 0 Å². The van der Waals surface area contributed by atoms with E-state index in [2.05, 4.69) is 21.0 Å². The number of benzene rings is 1. The first kappa shape index (κ1) is 14.2. The summed E-state index contributed by atoms with van der Waals surface area (Å²) >= 11 is 0. The van der Waals surface area contributed by atoms with E-state index in [1.807, 2.05) is 18.2 Å². The number of sulfonamides is 1. The maximum Gasteiger partial charge on any atom is 0.258 e. The maximum absolute atomic E-state index is 12.5. The molecule has 7 heteroatoms. The molecule has 3 rings (SSSR count). The van der Waals surface area contributed by atoms with Gasteiger partial charge in [0.1, 0.15) is 0 Å². The summed E-state index contributed by atoms with van der Waals surface area (Å²) in [6.07, 6.45) is 4.20. The summed E-state index contributed by atoms with van der Waals surface area (Å²) in [7, 11) is -3.65. The highest BCUT2D eigenvalue weighted by atomic mass is 32.2. The molecule has 0 saturated carbocycles. The number of aryl methyl sites for hydroxylation is 1. The molecule has 0 amide bonds. The van der Waals surface area contributed by atoms with Crippen LogP contribution in [0.15, 0.2) is 35.5 Å². The standard InChI is InChI=1S/C14H18N4O2S/c15-8-11-9-16-17-14(11)21(19,20)18-13-7-3-5-10-4-1-2-6-12(10)13/h1-2,4,6,9,13,18H,3,5,7-8,15H2,(H,16,17). The number of rotatable bonds is 4. The lowest BCUT2D eigenvalue weighted by atomic mass is 9.88. The quantitative estimate of drug-likeness (QED) is 0.790. The predicted octanol–water partition coefficient (Wildman–Crippen LogP) is 1.22.